The Morgan fingerprint density at radius 1 is 1.10 bits per heavy atom. The predicted octanol–water partition coefficient (Wildman–Crippen LogP) is 1.85. The molecular weight excluding hydrogens is 416 g/mol. The summed E-state index contributed by atoms with van der Waals surface area (Å²) in [4.78, 5) is 18.4. The van der Waals surface area contributed by atoms with Gasteiger partial charge in [-0.1, -0.05) is 32.0 Å². The standard InChI is InChI=1S/C22H30N4O4S/c1-18(2)19-6-8-20(9-7-19)30-17-22(27)24-11-16-31(28,29)26-14-12-25(13-15-26)21-5-3-4-10-23-21/h3-10,18H,11-17H2,1-2H3,(H,24,27). The molecule has 0 unspecified atom stereocenters. The monoisotopic (exact) mass is 446 g/mol. The number of sulfonamides is 1. The van der Waals surface area contributed by atoms with Crippen LogP contribution in [0.4, 0.5) is 5.82 Å². The SMILES string of the molecule is CC(C)c1ccc(OCC(=O)NCCS(=O)(=O)N2CCN(c3ccccn3)CC2)cc1. The maximum atomic E-state index is 12.6. The van der Waals surface area contributed by atoms with E-state index < -0.39 is 10.0 Å². The molecule has 0 atom stereocenters. The van der Waals surface area contributed by atoms with Gasteiger partial charge >= 0.3 is 0 Å². The highest BCUT2D eigenvalue weighted by Gasteiger charge is 2.27. The Morgan fingerprint density at radius 3 is 2.42 bits per heavy atom. The number of carbonyl (C=O) groups is 1. The number of aromatic nitrogens is 1. The van der Waals surface area contributed by atoms with Crippen LogP contribution in [0.2, 0.25) is 0 Å². The first-order valence-electron chi connectivity index (χ1n) is 10.5. The van der Waals surface area contributed by atoms with E-state index in [2.05, 4.69) is 29.0 Å². The molecule has 1 aliphatic rings. The molecule has 0 aliphatic carbocycles. The van der Waals surface area contributed by atoms with Gasteiger partial charge in [-0.25, -0.2) is 13.4 Å². The number of benzene rings is 1. The number of amides is 1. The van der Waals surface area contributed by atoms with Gasteiger partial charge in [0.15, 0.2) is 6.61 Å². The van der Waals surface area contributed by atoms with Crippen molar-refractivity contribution < 1.29 is 17.9 Å². The highest BCUT2D eigenvalue weighted by molar-refractivity contribution is 7.89. The Morgan fingerprint density at radius 2 is 1.81 bits per heavy atom. The van der Waals surface area contributed by atoms with Crippen molar-refractivity contribution in [1.29, 1.82) is 0 Å². The molecule has 3 rings (SSSR count). The largest absolute Gasteiger partial charge is 0.484 e. The molecule has 1 N–H and O–H groups in total. The van der Waals surface area contributed by atoms with Crippen molar-refractivity contribution in [3.63, 3.8) is 0 Å². The van der Waals surface area contributed by atoms with Crippen molar-refractivity contribution in [2.75, 3.05) is 50.0 Å². The summed E-state index contributed by atoms with van der Waals surface area (Å²) in [5.41, 5.74) is 1.20. The van der Waals surface area contributed by atoms with E-state index in [4.69, 9.17) is 4.74 Å². The van der Waals surface area contributed by atoms with Crippen LogP contribution in [0.15, 0.2) is 48.7 Å². The molecule has 168 valence electrons. The zero-order valence-electron chi connectivity index (χ0n) is 18.0. The van der Waals surface area contributed by atoms with Crippen molar-refractivity contribution in [1.82, 2.24) is 14.6 Å². The minimum absolute atomic E-state index is 0.0528. The zero-order chi connectivity index (χ0) is 22.3. The van der Waals surface area contributed by atoms with Crippen LogP contribution >= 0.6 is 0 Å². The lowest BCUT2D eigenvalue weighted by molar-refractivity contribution is -0.122. The quantitative estimate of drug-likeness (QED) is 0.632. The fraction of sp³-hybridized carbons (Fsp3) is 0.455. The van der Waals surface area contributed by atoms with Gasteiger partial charge in [-0.05, 0) is 35.7 Å². The Balaban J connectivity index is 1.38. The molecule has 1 saturated heterocycles. The van der Waals surface area contributed by atoms with Crippen LogP contribution < -0.4 is 15.0 Å². The number of piperazine rings is 1. The van der Waals surface area contributed by atoms with E-state index in [-0.39, 0.29) is 24.8 Å². The first kappa shape index (κ1) is 23.0. The average molecular weight is 447 g/mol. The molecule has 0 spiro atoms. The number of carbonyl (C=O) groups excluding carboxylic acids is 1. The van der Waals surface area contributed by atoms with Crippen LogP contribution in [-0.2, 0) is 14.8 Å². The van der Waals surface area contributed by atoms with Crippen molar-refractivity contribution in [2.24, 2.45) is 0 Å². The minimum Gasteiger partial charge on any atom is -0.484 e. The Hall–Kier alpha value is -2.65. The van der Waals surface area contributed by atoms with Crippen molar-refractivity contribution in [3.05, 3.63) is 54.2 Å². The molecule has 8 nitrogen and oxygen atoms in total. The molecular formula is C22H30N4O4S. The maximum Gasteiger partial charge on any atom is 0.257 e. The van der Waals surface area contributed by atoms with E-state index in [1.807, 2.05) is 42.5 Å². The van der Waals surface area contributed by atoms with Crippen molar-refractivity contribution >= 4 is 21.7 Å². The van der Waals surface area contributed by atoms with E-state index in [1.54, 1.807) is 6.20 Å². The van der Waals surface area contributed by atoms with Gasteiger partial charge in [0, 0.05) is 38.9 Å². The van der Waals surface area contributed by atoms with Crippen molar-refractivity contribution in [3.8, 4) is 5.75 Å². The number of hydrogen-bond acceptors (Lipinski definition) is 6. The van der Waals surface area contributed by atoms with Gasteiger partial charge in [-0.3, -0.25) is 4.79 Å². The molecule has 1 aromatic heterocycles. The van der Waals surface area contributed by atoms with E-state index >= 15 is 0 Å². The number of hydrogen-bond donors (Lipinski definition) is 1. The molecule has 1 aromatic carbocycles. The minimum atomic E-state index is -3.43. The summed E-state index contributed by atoms with van der Waals surface area (Å²) in [5, 5.41) is 2.62. The van der Waals surface area contributed by atoms with Crippen LogP contribution in [0.5, 0.6) is 5.75 Å². The second kappa shape index (κ2) is 10.6. The third-order valence-electron chi connectivity index (χ3n) is 5.20. The van der Waals surface area contributed by atoms with Crippen molar-refractivity contribution in [2.45, 2.75) is 19.8 Å². The molecule has 0 radical (unpaired) electrons. The lowest BCUT2D eigenvalue weighted by Gasteiger charge is -2.34. The van der Waals surface area contributed by atoms with Gasteiger partial charge in [0.1, 0.15) is 11.6 Å². The molecule has 0 saturated carbocycles. The first-order valence-corrected chi connectivity index (χ1v) is 12.1. The molecule has 9 heteroatoms. The van der Waals surface area contributed by atoms with Gasteiger partial charge in [0.2, 0.25) is 10.0 Å². The third kappa shape index (κ3) is 6.67. The van der Waals surface area contributed by atoms with E-state index in [0.717, 1.165) is 5.82 Å². The van der Waals surface area contributed by atoms with Gasteiger partial charge in [0.05, 0.1) is 5.75 Å². The Kier molecular flexibility index (Phi) is 7.86. The lowest BCUT2D eigenvalue weighted by atomic mass is 10.0. The van der Waals surface area contributed by atoms with Crippen LogP contribution in [-0.4, -0.2) is 68.7 Å². The van der Waals surface area contributed by atoms with Gasteiger partial charge in [-0.2, -0.15) is 4.31 Å². The summed E-state index contributed by atoms with van der Waals surface area (Å²) in [6.45, 7) is 6.11. The fourth-order valence-electron chi connectivity index (χ4n) is 3.33. The Bertz CT molecular complexity index is 941. The number of nitrogens with one attached hydrogen (secondary N) is 1. The topological polar surface area (TPSA) is 91.8 Å². The summed E-state index contributed by atoms with van der Waals surface area (Å²) < 4.78 is 32.1. The highest BCUT2D eigenvalue weighted by atomic mass is 32.2. The van der Waals surface area contributed by atoms with Crippen LogP contribution in [0.25, 0.3) is 0 Å². The average Bonchev–Trinajstić information content (AvgIpc) is 2.78. The molecule has 1 aliphatic heterocycles. The number of nitrogens with zero attached hydrogens (tertiary/aromatic N) is 3. The smallest absolute Gasteiger partial charge is 0.257 e. The summed E-state index contributed by atoms with van der Waals surface area (Å²) in [6, 6.07) is 13.3. The summed E-state index contributed by atoms with van der Waals surface area (Å²) >= 11 is 0. The molecule has 31 heavy (non-hydrogen) atoms. The highest BCUT2D eigenvalue weighted by Crippen LogP contribution is 2.18. The fourth-order valence-corrected chi connectivity index (χ4v) is 4.67. The molecule has 2 aromatic rings. The van der Waals surface area contributed by atoms with E-state index in [9.17, 15) is 13.2 Å². The number of ether oxygens (including phenoxy) is 1. The van der Waals surface area contributed by atoms with Crippen LogP contribution in [0.1, 0.15) is 25.3 Å². The summed E-state index contributed by atoms with van der Waals surface area (Å²) in [6.07, 6.45) is 1.73. The first-order chi connectivity index (χ1) is 14.8. The van der Waals surface area contributed by atoms with Gasteiger partial charge < -0.3 is 15.0 Å². The third-order valence-corrected chi connectivity index (χ3v) is 7.08. The maximum absolute atomic E-state index is 12.6. The van der Waals surface area contributed by atoms with E-state index in [0.29, 0.717) is 37.8 Å². The second-order valence-corrected chi connectivity index (χ2v) is 9.84. The molecule has 2 heterocycles. The molecule has 0 bridgehead atoms. The summed E-state index contributed by atoms with van der Waals surface area (Å²) in [5.74, 6) is 1.41. The number of pyridine rings is 1. The molecule has 1 amide bonds. The lowest BCUT2D eigenvalue weighted by Crippen LogP contribution is -2.50. The van der Waals surface area contributed by atoms with Gasteiger partial charge in [-0.15, -0.1) is 0 Å². The second-order valence-electron chi connectivity index (χ2n) is 7.75. The van der Waals surface area contributed by atoms with E-state index in [1.165, 1.54) is 9.87 Å². The number of rotatable bonds is 9. The normalized spacial score (nSPS) is 15.1. The van der Waals surface area contributed by atoms with Crippen LogP contribution in [0.3, 0.4) is 0 Å². The van der Waals surface area contributed by atoms with Crippen LogP contribution in [0, 0.1) is 0 Å². The zero-order valence-corrected chi connectivity index (χ0v) is 18.8. The Labute approximate surface area is 184 Å². The predicted molar refractivity (Wildman–Crippen MR) is 121 cm³/mol. The number of anilines is 1. The van der Waals surface area contributed by atoms with Gasteiger partial charge in [0.25, 0.3) is 5.91 Å². The molecule has 1 fully saturated rings. The summed E-state index contributed by atoms with van der Waals surface area (Å²) in [7, 11) is -3.43.